The number of thiazole rings is 1. The number of unbranched alkanes of at least 4 members (excludes halogenated alkanes) is 6. The topological polar surface area (TPSA) is 50.2 Å². The lowest BCUT2D eigenvalue weighted by molar-refractivity contribution is -0.136. The first-order valence-electron chi connectivity index (χ1n) is 7.30. The lowest BCUT2D eigenvalue weighted by atomic mass is 10.1. The number of aryl methyl sites for hydroxylation is 2. The molecule has 0 bridgehead atoms. The van der Waals surface area contributed by atoms with Gasteiger partial charge in [-0.2, -0.15) is 0 Å². The molecule has 0 atom stereocenters. The number of nitrogens with zero attached hydrogens (tertiary/aromatic N) is 1. The van der Waals surface area contributed by atoms with Crippen LogP contribution in [0.5, 0.6) is 0 Å². The Morgan fingerprint density at radius 3 is 2.42 bits per heavy atom. The van der Waals surface area contributed by atoms with Crippen molar-refractivity contribution in [2.45, 2.75) is 71.6 Å². The van der Waals surface area contributed by atoms with E-state index in [-0.39, 0.29) is 6.42 Å². The van der Waals surface area contributed by atoms with Crippen LogP contribution in [0.25, 0.3) is 0 Å². The van der Waals surface area contributed by atoms with Crippen LogP contribution in [-0.4, -0.2) is 16.1 Å². The van der Waals surface area contributed by atoms with Crippen molar-refractivity contribution < 1.29 is 9.90 Å². The van der Waals surface area contributed by atoms with Crippen LogP contribution in [0, 0.1) is 6.92 Å². The van der Waals surface area contributed by atoms with Gasteiger partial charge in [-0.25, -0.2) is 4.98 Å². The average Bonchev–Trinajstić information content (AvgIpc) is 2.68. The van der Waals surface area contributed by atoms with Crippen LogP contribution in [0.3, 0.4) is 0 Å². The predicted octanol–water partition coefficient (Wildman–Crippen LogP) is 4.37. The molecule has 108 valence electrons. The van der Waals surface area contributed by atoms with E-state index in [1.165, 1.54) is 44.9 Å². The first-order valence-corrected chi connectivity index (χ1v) is 8.12. The van der Waals surface area contributed by atoms with Crippen LogP contribution in [0.4, 0.5) is 0 Å². The standard InChI is InChI=1S/C15H25NO2S/c1-3-4-5-6-7-8-9-10-14-16-12(2)13(19-14)11-15(17)18/h3-11H2,1-2H3,(H,17,18). The molecular formula is C15H25NO2S. The SMILES string of the molecule is CCCCCCCCCc1nc(C)c(CC(=O)O)s1. The van der Waals surface area contributed by atoms with E-state index in [4.69, 9.17) is 5.11 Å². The Labute approximate surface area is 120 Å². The molecule has 0 saturated heterocycles. The molecule has 0 fully saturated rings. The summed E-state index contributed by atoms with van der Waals surface area (Å²) in [6.07, 6.45) is 10.2. The van der Waals surface area contributed by atoms with Crippen molar-refractivity contribution in [2.24, 2.45) is 0 Å². The van der Waals surface area contributed by atoms with Gasteiger partial charge in [-0.1, -0.05) is 45.4 Å². The van der Waals surface area contributed by atoms with Gasteiger partial charge in [-0.3, -0.25) is 4.79 Å². The third-order valence-corrected chi connectivity index (χ3v) is 4.46. The Morgan fingerprint density at radius 1 is 1.16 bits per heavy atom. The van der Waals surface area contributed by atoms with Crippen molar-refractivity contribution in [1.82, 2.24) is 4.98 Å². The molecule has 0 amide bonds. The summed E-state index contributed by atoms with van der Waals surface area (Å²) in [5.41, 5.74) is 0.894. The van der Waals surface area contributed by atoms with Crippen molar-refractivity contribution in [3.05, 3.63) is 15.6 Å². The minimum atomic E-state index is -0.769. The molecule has 1 rings (SSSR count). The van der Waals surface area contributed by atoms with E-state index in [2.05, 4.69) is 11.9 Å². The molecule has 1 heterocycles. The average molecular weight is 283 g/mol. The zero-order chi connectivity index (χ0) is 14.1. The first kappa shape index (κ1) is 16.2. The highest BCUT2D eigenvalue weighted by molar-refractivity contribution is 7.11. The molecule has 0 unspecified atom stereocenters. The normalized spacial score (nSPS) is 10.8. The summed E-state index contributed by atoms with van der Waals surface area (Å²) in [7, 11) is 0. The number of hydrogen-bond acceptors (Lipinski definition) is 3. The molecule has 0 aliphatic carbocycles. The molecule has 1 aromatic heterocycles. The van der Waals surface area contributed by atoms with E-state index in [1.807, 2.05) is 6.92 Å². The van der Waals surface area contributed by atoms with E-state index in [0.717, 1.165) is 22.0 Å². The van der Waals surface area contributed by atoms with Crippen LogP contribution >= 0.6 is 11.3 Å². The summed E-state index contributed by atoms with van der Waals surface area (Å²) < 4.78 is 0. The fourth-order valence-corrected chi connectivity index (χ4v) is 3.23. The monoisotopic (exact) mass is 283 g/mol. The smallest absolute Gasteiger partial charge is 0.308 e. The second-order valence-electron chi connectivity index (χ2n) is 5.06. The van der Waals surface area contributed by atoms with Crippen LogP contribution < -0.4 is 0 Å². The number of carboxylic acids is 1. The maximum atomic E-state index is 10.7. The summed E-state index contributed by atoms with van der Waals surface area (Å²) in [5, 5.41) is 9.90. The van der Waals surface area contributed by atoms with E-state index < -0.39 is 5.97 Å². The van der Waals surface area contributed by atoms with Crippen molar-refractivity contribution in [2.75, 3.05) is 0 Å². The fraction of sp³-hybridized carbons (Fsp3) is 0.733. The molecular weight excluding hydrogens is 258 g/mol. The molecule has 0 saturated carbocycles. The van der Waals surface area contributed by atoms with Gasteiger partial charge in [0.25, 0.3) is 0 Å². The highest BCUT2D eigenvalue weighted by atomic mass is 32.1. The van der Waals surface area contributed by atoms with Crippen LogP contribution in [0.1, 0.15) is 67.4 Å². The number of hydrogen-bond donors (Lipinski definition) is 1. The summed E-state index contributed by atoms with van der Waals surface area (Å²) >= 11 is 1.57. The van der Waals surface area contributed by atoms with E-state index in [1.54, 1.807) is 11.3 Å². The number of rotatable bonds is 10. The maximum absolute atomic E-state index is 10.7. The zero-order valence-electron chi connectivity index (χ0n) is 12.1. The number of carbonyl (C=O) groups is 1. The highest BCUT2D eigenvalue weighted by Gasteiger charge is 2.10. The van der Waals surface area contributed by atoms with E-state index in [9.17, 15) is 4.79 Å². The molecule has 0 aromatic carbocycles. The van der Waals surface area contributed by atoms with E-state index in [0.29, 0.717) is 0 Å². The molecule has 0 spiro atoms. The van der Waals surface area contributed by atoms with Gasteiger partial charge in [0, 0.05) is 4.88 Å². The van der Waals surface area contributed by atoms with Crippen LogP contribution in [-0.2, 0) is 17.6 Å². The van der Waals surface area contributed by atoms with Gasteiger partial charge in [-0.15, -0.1) is 11.3 Å². The molecule has 0 radical (unpaired) electrons. The quantitative estimate of drug-likeness (QED) is 0.649. The molecule has 19 heavy (non-hydrogen) atoms. The zero-order valence-corrected chi connectivity index (χ0v) is 12.9. The van der Waals surface area contributed by atoms with Crippen molar-refractivity contribution in [3.63, 3.8) is 0 Å². The second-order valence-corrected chi connectivity index (χ2v) is 6.23. The lowest BCUT2D eigenvalue weighted by Crippen LogP contribution is -1.99. The Bertz CT molecular complexity index is 387. The van der Waals surface area contributed by atoms with Crippen LogP contribution in [0.2, 0.25) is 0 Å². The van der Waals surface area contributed by atoms with Gasteiger partial charge < -0.3 is 5.11 Å². The molecule has 0 aliphatic heterocycles. The Hall–Kier alpha value is -0.900. The van der Waals surface area contributed by atoms with Crippen molar-refractivity contribution in [3.8, 4) is 0 Å². The Morgan fingerprint density at radius 2 is 1.79 bits per heavy atom. The lowest BCUT2D eigenvalue weighted by Gasteiger charge is -1.99. The van der Waals surface area contributed by atoms with E-state index >= 15 is 0 Å². The minimum Gasteiger partial charge on any atom is -0.481 e. The van der Waals surface area contributed by atoms with Gasteiger partial charge in [0.2, 0.25) is 0 Å². The molecule has 0 aliphatic rings. The predicted molar refractivity (Wildman–Crippen MR) is 79.9 cm³/mol. The maximum Gasteiger partial charge on any atom is 0.308 e. The van der Waals surface area contributed by atoms with Gasteiger partial charge in [-0.05, 0) is 19.8 Å². The number of carboxylic acid groups (broad SMARTS) is 1. The number of aliphatic carboxylic acids is 1. The van der Waals surface area contributed by atoms with Gasteiger partial charge in [0.05, 0.1) is 17.1 Å². The summed E-state index contributed by atoms with van der Waals surface area (Å²) in [4.78, 5) is 16.1. The highest BCUT2D eigenvalue weighted by Crippen LogP contribution is 2.21. The molecule has 1 N–H and O–H groups in total. The molecule has 1 aromatic rings. The summed E-state index contributed by atoms with van der Waals surface area (Å²) in [5.74, 6) is -0.769. The third-order valence-electron chi connectivity index (χ3n) is 3.24. The summed E-state index contributed by atoms with van der Waals surface area (Å²) in [6, 6.07) is 0. The van der Waals surface area contributed by atoms with Gasteiger partial charge >= 0.3 is 5.97 Å². The number of aromatic nitrogens is 1. The van der Waals surface area contributed by atoms with Gasteiger partial charge in [0.15, 0.2) is 0 Å². The largest absolute Gasteiger partial charge is 0.481 e. The van der Waals surface area contributed by atoms with Gasteiger partial charge in [0.1, 0.15) is 0 Å². The summed E-state index contributed by atoms with van der Waals surface area (Å²) in [6.45, 7) is 4.14. The first-order chi connectivity index (χ1) is 9.13. The fourth-order valence-electron chi connectivity index (χ4n) is 2.13. The van der Waals surface area contributed by atoms with Crippen molar-refractivity contribution in [1.29, 1.82) is 0 Å². The van der Waals surface area contributed by atoms with Crippen molar-refractivity contribution >= 4 is 17.3 Å². The minimum absolute atomic E-state index is 0.112. The third kappa shape index (κ3) is 6.71. The van der Waals surface area contributed by atoms with Crippen LogP contribution in [0.15, 0.2) is 0 Å². The molecule has 3 nitrogen and oxygen atoms in total. The Kier molecular flexibility index (Phi) is 7.72. The second kappa shape index (κ2) is 9.08. The Balaban J connectivity index is 2.21. The molecule has 4 heteroatoms.